The fourth-order valence-corrected chi connectivity index (χ4v) is 4.66. The van der Waals surface area contributed by atoms with Crippen molar-refractivity contribution >= 4 is 32.2 Å². The van der Waals surface area contributed by atoms with Crippen LogP contribution in [0.2, 0.25) is 0 Å². The highest BCUT2D eigenvalue weighted by atomic mass is 32.2. The number of rotatable bonds is 5. The van der Waals surface area contributed by atoms with Crippen molar-refractivity contribution < 1.29 is 13.2 Å². The van der Waals surface area contributed by atoms with Crippen molar-refractivity contribution in [2.75, 3.05) is 43.2 Å². The topological polar surface area (TPSA) is 85.5 Å². The van der Waals surface area contributed by atoms with Crippen LogP contribution in [0.1, 0.15) is 13.3 Å². The normalized spacial score (nSPS) is 20.1. The van der Waals surface area contributed by atoms with Gasteiger partial charge in [0.05, 0.1) is 12.4 Å². The molecule has 1 fully saturated rings. The molecule has 1 aromatic heterocycles. The molecule has 1 saturated heterocycles. The van der Waals surface area contributed by atoms with Crippen molar-refractivity contribution in [3.8, 4) is 0 Å². The summed E-state index contributed by atoms with van der Waals surface area (Å²) in [5.74, 6) is 0.598. The van der Waals surface area contributed by atoms with E-state index >= 15 is 0 Å². The summed E-state index contributed by atoms with van der Waals surface area (Å²) in [6.07, 6.45) is 0.997. The van der Waals surface area contributed by atoms with Gasteiger partial charge in [-0.2, -0.15) is 4.37 Å². The van der Waals surface area contributed by atoms with Gasteiger partial charge in [-0.15, -0.1) is 0 Å². The molecule has 0 spiro atoms. The smallest absolute Gasteiger partial charge is 0.184 e. The highest BCUT2D eigenvalue weighted by Crippen LogP contribution is 2.37. The van der Waals surface area contributed by atoms with Crippen LogP contribution in [0.15, 0.2) is 4.90 Å². The first-order chi connectivity index (χ1) is 8.99. The number of hydrogen-bond acceptors (Lipinski definition) is 7. The average Bonchev–Trinajstić information content (AvgIpc) is 2.96. The summed E-state index contributed by atoms with van der Waals surface area (Å²) in [6, 6.07) is 0. The molecule has 19 heavy (non-hydrogen) atoms. The van der Waals surface area contributed by atoms with Crippen LogP contribution in [0.4, 0.5) is 10.8 Å². The summed E-state index contributed by atoms with van der Waals surface area (Å²) in [4.78, 5) is 2.26. The molecule has 1 aliphatic heterocycles. The van der Waals surface area contributed by atoms with Crippen LogP contribution >= 0.6 is 11.5 Å². The molecule has 1 unspecified atom stereocenters. The van der Waals surface area contributed by atoms with E-state index in [2.05, 4.69) is 9.27 Å². The fourth-order valence-electron chi connectivity index (χ4n) is 2.31. The van der Waals surface area contributed by atoms with Gasteiger partial charge in [0.2, 0.25) is 0 Å². The molecule has 1 aliphatic rings. The predicted molar refractivity (Wildman–Crippen MR) is 76.4 cm³/mol. The monoisotopic (exact) mass is 305 g/mol. The van der Waals surface area contributed by atoms with Gasteiger partial charge >= 0.3 is 0 Å². The number of ether oxygens (including phenoxy) is 1. The summed E-state index contributed by atoms with van der Waals surface area (Å²) < 4.78 is 33.4. The molecule has 1 atom stereocenters. The van der Waals surface area contributed by atoms with Gasteiger partial charge in [0.15, 0.2) is 15.7 Å². The second-order valence-electron chi connectivity index (χ2n) is 4.66. The van der Waals surface area contributed by atoms with E-state index in [4.69, 9.17) is 10.5 Å². The number of nitrogens with two attached hydrogens (primary N) is 1. The van der Waals surface area contributed by atoms with Crippen molar-refractivity contribution in [3.05, 3.63) is 0 Å². The number of aromatic nitrogens is 1. The summed E-state index contributed by atoms with van der Waals surface area (Å²) in [5, 5.41) is 0.679. The Balaban J connectivity index is 2.28. The van der Waals surface area contributed by atoms with Gasteiger partial charge in [-0.25, -0.2) is 8.42 Å². The van der Waals surface area contributed by atoms with Gasteiger partial charge in [-0.3, -0.25) is 0 Å². The number of methoxy groups -OCH3 is 1. The lowest BCUT2D eigenvalue weighted by atomic mass is 10.1. The average molecular weight is 305 g/mol. The van der Waals surface area contributed by atoms with Crippen molar-refractivity contribution in [1.29, 1.82) is 0 Å². The lowest BCUT2D eigenvalue weighted by molar-refractivity contribution is 0.161. The Kier molecular flexibility index (Phi) is 4.32. The van der Waals surface area contributed by atoms with Gasteiger partial charge < -0.3 is 15.4 Å². The van der Waals surface area contributed by atoms with Crippen LogP contribution in [0.25, 0.3) is 0 Å². The van der Waals surface area contributed by atoms with Crippen LogP contribution in [0, 0.1) is 5.92 Å². The molecule has 0 amide bonds. The van der Waals surface area contributed by atoms with Crippen LogP contribution in [-0.4, -0.2) is 45.4 Å². The predicted octanol–water partition coefficient (Wildman–Crippen LogP) is 0.992. The van der Waals surface area contributed by atoms with E-state index in [1.807, 2.05) is 0 Å². The van der Waals surface area contributed by atoms with E-state index in [0.29, 0.717) is 17.5 Å². The minimum Gasteiger partial charge on any atom is -0.384 e. The van der Waals surface area contributed by atoms with Crippen molar-refractivity contribution in [3.63, 3.8) is 0 Å². The SMILES string of the molecule is CCS(=O)(=O)c1c(N)nsc1N1CCC(COC)C1. The minimum atomic E-state index is -3.33. The molecule has 0 aromatic carbocycles. The van der Waals surface area contributed by atoms with E-state index in [9.17, 15) is 8.42 Å². The van der Waals surface area contributed by atoms with Crippen LogP contribution in [0.5, 0.6) is 0 Å². The Morgan fingerprint density at radius 2 is 2.32 bits per heavy atom. The van der Waals surface area contributed by atoms with Crippen molar-refractivity contribution in [1.82, 2.24) is 4.37 Å². The second kappa shape index (κ2) is 5.64. The maximum atomic E-state index is 12.1. The van der Waals surface area contributed by atoms with Gasteiger partial charge in [0.1, 0.15) is 9.90 Å². The molecule has 0 aliphatic carbocycles. The van der Waals surface area contributed by atoms with Crippen LogP contribution in [-0.2, 0) is 14.6 Å². The Labute approximate surface area is 117 Å². The summed E-state index contributed by atoms with van der Waals surface area (Å²) >= 11 is 1.17. The number of sulfone groups is 1. The van der Waals surface area contributed by atoms with Crippen molar-refractivity contribution in [2.24, 2.45) is 5.92 Å². The number of anilines is 2. The van der Waals surface area contributed by atoms with E-state index in [1.165, 1.54) is 11.5 Å². The van der Waals surface area contributed by atoms with Crippen molar-refractivity contribution in [2.45, 2.75) is 18.2 Å². The first-order valence-corrected chi connectivity index (χ1v) is 8.64. The lowest BCUT2D eigenvalue weighted by Gasteiger charge is -2.17. The zero-order valence-corrected chi connectivity index (χ0v) is 12.8. The lowest BCUT2D eigenvalue weighted by Crippen LogP contribution is -2.22. The third-order valence-corrected chi connectivity index (χ3v) is 6.16. The first-order valence-electron chi connectivity index (χ1n) is 6.21. The van der Waals surface area contributed by atoms with E-state index in [1.54, 1.807) is 14.0 Å². The number of nitrogen functional groups attached to an aromatic ring is 1. The molecule has 0 bridgehead atoms. The Bertz CT molecular complexity index is 541. The Morgan fingerprint density at radius 3 is 2.95 bits per heavy atom. The third-order valence-electron chi connectivity index (χ3n) is 3.32. The largest absolute Gasteiger partial charge is 0.384 e. The second-order valence-corrected chi connectivity index (χ2v) is 7.63. The van der Waals surface area contributed by atoms with Crippen LogP contribution < -0.4 is 10.6 Å². The number of nitrogens with zero attached hydrogens (tertiary/aromatic N) is 2. The highest BCUT2D eigenvalue weighted by Gasteiger charge is 2.31. The molecule has 2 heterocycles. The zero-order chi connectivity index (χ0) is 14.0. The van der Waals surface area contributed by atoms with Gasteiger partial charge in [-0.05, 0) is 18.0 Å². The van der Waals surface area contributed by atoms with E-state index in [-0.39, 0.29) is 16.5 Å². The van der Waals surface area contributed by atoms with E-state index in [0.717, 1.165) is 19.5 Å². The number of hydrogen-bond donors (Lipinski definition) is 1. The van der Waals surface area contributed by atoms with Gasteiger partial charge in [-0.1, -0.05) is 6.92 Å². The molecule has 108 valence electrons. The highest BCUT2D eigenvalue weighted by molar-refractivity contribution is 7.91. The summed E-state index contributed by atoms with van der Waals surface area (Å²) in [6.45, 7) is 3.93. The molecular formula is C11H19N3O3S2. The van der Waals surface area contributed by atoms with Gasteiger partial charge in [0.25, 0.3) is 0 Å². The molecular weight excluding hydrogens is 286 g/mol. The quantitative estimate of drug-likeness (QED) is 0.873. The van der Waals surface area contributed by atoms with Crippen LogP contribution in [0.3, 0.4) is 0 Å². The first kappa shape index (κ1) is 14.5. The maximum absolute atomic E-state index is 12.1. The molecule has 1 aromatic rings. The maximum Gasteiger partial charge on any atom is 0.184 e. The molecule has 2 rings (SSSR count). The summed E-state index contributed by atoms with van der Waals surface area (Å²) in [5.41, 5.74) is 5.73. The molecule has 0 radical (unpaired) electrons. The molecule has 2 N–H and O–H groups in total. The van der Waals surface area contributed by atoms with Gasteiger partial charge in [0, 0.05) is 26.1 Å². The summed E-state index contributed by atoms with van der Waals surface area (Å²) in [7, 11) is -1.65. The fraction of sp³-hybridized carbons (Fsp3) is 0.727. The standard InChI is InChI=1S/C11H19N3O3S2/c1-3-19(15,16)9-10(12)13-18-11(9)14-5-4-8(6-14)7-17-2/h8H,3-7H2,1-2H3,(H2,12,13). The molecule has 6 nitrogen and oxygen atoms in total. The Morgan fingerprint density at radius 1 is 1.58 bits per heavy atom. The minimum absolute atomic E-state index is 0.0396. The third kappa shape index (κ3) is 2.85. The Hall–Kier alpha value is -0.860. The zero-order valence-electron chi connectivity index (χ0n) is 11.1. The molecule has 8 heteroatoms. The molecule has 0 saturated carbocycles. The van der Waals surface area contributed by atoms with E-state index < -0.39 is 9.84 Å².